The van der Waals surface area contributed by atoms with E-state index in [9.17, 15) is 5.26 Å². The molecule has 0 aliphatic carbocycles. The molecule has 0 fully saturated rings. The maximum Gasteiger partial charge on any atom is 0.418 e. The zero-order valence-corrected chi connectivity index (χ0v) is 47.5. The molecule has 6 heteroatoms. The Balaban J connectivity index is 1.25. The fourth-order valence-electron chi connectivity index (χ4n) is 13.9. The number of benzene rings is 10. The van der Waals surface area contributed by atoms with Crippen LogP contribution in [0.5, 0.6) is 0 Å². The lowest BCUT2D eigenvalue weighted by atomic mass is 9.92. The van der Waals surface area contributed by atoms with Gasteiger partial charge in [-0.3, -0.25) is 0 Å². The molecule has 0 atom stereocenters. The van der Waals surface area contributed by atoms with Gasteiger partial charge in [0.25, 0.3) is 0 Å². The standard InChI is InChI=1S/C74H62F3N3/c1-40-24-44(5)70(45(6)25-40)54-16-20-58-59-21-17-55(71-46(7)26-41(2)27-47(71)8)34-65(59)79(64(58)33-54)68-38-63(74(75,76)77)69(37-62(68)53-15-13-14-52(32-53)39-78)80-66-35-56(72-48(9)28-42(3)29-49(72)10)18-22-60(66)61-23-19-57(36-67(61)80)73-50(11)30-43(4)31-51(73)12/h13-38H,1-12H3. The smallest absolute Gasteiger partial charge is 0.309 e. The molecule has 0 unspecified atom stereocenters. The fraction of sp³-hybridized carbons (Fsp3) is 0.176. The molecule has 2 heterocycles. The van der Waals surface area contributed by atoms with Gasteiger partial charge in [-0.05, 0) is 226 Å². The van der Waals surface area contributed by atoms with E-state index < -0.39 is 11.7 Å². The lowest BCUT2D eigenvalue weighted by Crippen LogP contribution is -2.13. The molecule has 12 aromatic rings. The van der Waals surface area contributed by atoms with Crippen molar-refractivity contribution in [3.8, 4) is 73.1 Å². The van der Waals surface area contributed by atoms with Crippen LogP contribution in [0.15, 0.2) is 158 Å². The first kappa shape index (κ1) is 51.8. The minimum atomic E-state index is -4.84. The van der Waals surface area contributed by atoms with Crippen LogP contribution >= 0.6 is 0 Å². The Morgan fingerprint density at radius 1 is 0.338 bits per heavy atom. The van der Waals surface area contributed by atoms with Crippen LogP contribution in [0, 0.1) is 94.4 Å². The number of rotatable bonds is 7. The van der Waals surface area contributed by atoms with Gasteiger partial charge < -0.3 is 9.13 Å². The summed E-state index contributed by atoms with van der Waals surface area (Å²) >= 11 is 0. The molecular formula is C74H62F3N3. The molecule has 10 aromatic carbocycles. The van der Waals surface area contributed by atoms with Crippen molar-refractivity contribution in [1.82, 2.24) is 9.13 Å². The van der Waals surface area contributed by atoms with E-state index in [1.54, 1.807) is 18.2 Å². The average Bonchev–Trinajstić information content (AvgIpc) is 3.99. The van der Waals surface area contributed by atoms with Crippen LogP contribution in [-0.4, -0.2) is 9.13 Å². The van der Waals surface area contributed by atoms with Crippen molar-refractivity contribution in [3.63, 3.8) is 0 Å². The second kappa shape index (κ2) is 19.2. The Kier molecular flexibility index (Phi) is 12.4. The Morgan fingerprint density at radius 2 is 0.650 bits per heavy atom. The van der Waals surface area contributed by atoms with Gasteiger partial charge in [0.2, 0.25) is 0 Å². The summed E-state index contributed by atoms with van der Waals surface area (Å²) in [6, 6.07) is 55.5. The van der Waals surface area contributed by atoms with Gasteiger partial charge in [0.1, 0.15) is 0 Å². The normalized spacial score (nSPS) is 11.9. The summed E-state index contributed by atoms with van der Waals surface area (Å²) in [5, 5.41) is 14.0. The summed E-state index contributed by atoms with van der Waals surface area (Å²) in [5.41, 5.74) is 25.5. The number of hydrogen-bond donors (Lipinski definition) is 0. The number of alkyl halides is 3. The third-order valence-electron chi connectivity index (χ3n) is 16.6. The van der Waals surface area contributed by atoms with Gasteiger partial charge in [0.15, 0.2) is 0 Å². The van der Waals surface area contributed by atoms with Gasteiger partial charge in [-0.15, -0.1) is 0 Å². The van der Waals surface area contributed by atoms with Gasteiger partial charge in [-0.1, -0.05) is 131 Å². The minimum absolute atomic E-state index is 0.0124. The number of nitriles is 1. The second-order valence-electron chi connectivity index (χ2n) is 22.8. The van der Waals surface area contributed by atoms with Crippen LogP contribution in [-0.2, 0) is 6.18 Å². The van der Waals surface area contributed by atoms with E-state index in [2.05, 4.69) is 215 Å². The summed E-state index contributed by atoms with van der Waals surface area (Å²) in [7, 11) is 0. The van der Waals surface area contributed by atoms with Gasteiger partial charge in [-0.25, -0.2) is 0 Å². The fourth-order valence-corrected chi connectivity index (χ4v) is 13.9. The summed E-state index contributed by atoms with van der Waals surface area (Å²) in [4.78, 5) is 0. The van der Waals surface area contributed by atoms with Crippen molar-refractivity contribution in [2.45, 2.75) is 89.3 Å². The van der Waals surface area contributed by atoms with Crippen LogP contribution in [0.1, 0.15) is 77.9 Å². The van der Waals surface area contributed by atoms with Gasteiger partial charge in [-0.2, -0.15) is 18.4 Å². The van der Waals surface area contributed by atoms with Crippen molar-refractivity contribution < 1.29 is 13.2 Å². The number of aromatic nitrogens is 2. The Bertz CT molecular complexity index is 4340. The number of hydrogen-bond acceptors (Lipinski definition) is 1. The van der Waals surface area contributed by atoms with Crippen LogP contribution < -0.4 is 0 Å². The highest BCUT2D eigenvalue weighted by molar-refractivity contribution is 6.13. The predicted molar refractivity (Wildman–Crippen MR) is 329 cm³/mol. The van der Waals surface area contributed by atoms with E-state index in [4.69, 9.17) is 0 Å². The zero-order chi connectivity index (χ0) is 56.4. The Hall–Kier alpha value is -8.92. The molecule has 3 nitrogen and oxygen atoms in total. The molecule has 0 spiro atoms. The average molecular weight is 1050 g/mol. The molecule has 0 amide bonds. The molecule has 2 aromatic heterocycles. The highest BCUT2D eigenvalue weighted by Gasteiger charge is 2.37. The third kappa shape index (κ3) is 8.59. The van der Waals surface area contributed by atoms with Crippen LogP contribution in [0.4, 0.5) is 13.2 Å². The van der Waals surface area contributed by atoms with Crippen molar-refractivity contribution in [2.24, 2.45) is 0 Å². The maximum atomic E-state index is 17.1. The van der Waals surface area contributed by atoms with Crippen molar-refractivity contribution >= 4 is 43.6 Å². The SMILES string of the molecule is Cc1cc(C)c(-c2ccc3c4ccc(-c5c(C)cc(C)cc5C)cc4n(-c4cc(C(F)(F)F)c(-n5c6cc(-c7c(C)cc(C)cc7C)ccc6c6ccc(-c7c(C)cc(C)cc7C)cc65)cc4-c4cccc(C#N)c4)c3c2)c(C)c1. The van der Waals surface area contributed by atoms with Gasteiger partial charge in [0.05, 0.1) is 50.6 Å². The summed E-state index contributed by atoms with van der Waals surface area (Å²) < 4.78 is 55.1. The summed E-state index contributed by atoms with van der Waals surface area (Å²) in [6.45, 7) is 25.2. The quantitative estimate of drug-likeness (QED) is 0.157. The number of fused-ring (bicyclic) bond motifs is 6. The van der Waals surface area contributed by atoms with E-state index in [-0.39, 0.29) is 5.69 Å². The van der Waals surface area contributed by atoms with E-state index in [1.165, 1.54) is 6.07 Å². The summed E-state index contributed by atoms with van der Waals surface area (Å²) in [5.74, 6) is 0. The van der Waals surface area contributed by atoms with Gasteiger partial charge >= 0.3 is 6.18 Å². The first-order valence-electron chi connectivity index (χ1n) is 27.4. The topological polar surface area (TPSA) is 33.6 Å². The molecule has 0 radical (unpaired) electrons. The second-order valence-corrected chi connectivity index (χ2v) is 22.8. The largest absolute Gasteiger partial charge is 0.418 e. The molecular weight excluding hydrogens is 988 g/mol. The van der Waals surface area contributed by atoms with Crippen molar-refractivity contribution in [1.29, 1.82) is 5.26 Å². The monoisotopic (exact) mass is 1050 g/mol. The summed E-state index contributed by atoms with van der Waals surface area (Å²) in [6.07, 6.45) is -4.84. The predicted octanol–water partition coefficient (Wildman–Crippen LogP) is 20.8. The number of halogens is 3. The molecule has 0 aliphatic rings. The molecule has 394 valence electrons. The lowest BCUT2D eigenvalue weighted by Gasteiger charge is -2.23. The molecule has 0 saturated heterocycles. The molecule has 0 N–H and O–H groups in total. The number of aryl methyl sites for hydroxylation is 12. The molecule has 0 bridgehead atoms. The zero-order valence-electron chi connectivity index (χ0n) is 47.5. The number of nitrogens with zero attached hydrogens (tertiary/aromatic N) is 3. The van der Waals surface area contributed by atoms with E-state index in [0.717, 1.165) is 144 Å². The first-order valence-corrected chi connectivity index (χ1v) is 27.4. The van der Waals surface area contributed by atoms with Crippen LogP contribution in [0.3, 0.4) is 0 Å². The third-order valence-corrected chi connectivity index (χ3v) is 16.6. The van der Waals surface area contributed by atoms with Gasteiger partial charge in [0, 0.05) is 27.1 Å². The van der Waals surface area contributed by atoms with E-state index >= 15 is 13.2 Å². The molecule has 0 aliphatic heterocycles. The van der Waals surface area contributed by atoms with E-state index in [1.807, 2.05) is 16.7 Å². The first-order chi connectivity index (χ1) is 38.2. The Morgan fingerprint density at radius 3 is 0.950 bits per heavy atom. The minimum Gasteiger partial charge on any atom is -0.309 e. The van der Waals surface area contributed by atoms with Crippen LogP contribution in [0.25, 0.3) is 111 Å². The molecule has 80 heavy (non-hydrogen) atoms. The van der Waals surface area contributed by atoms with E-state index in [0.29, 0.717) is 33.4 Å². The molecule has 0 saturated carbocycles. The highest BCUT2D eigenvalue weighted by atomic mass is 19.4. The van der Waals surface area contributed by atoms with Crippen molar-refractivity contribution in [3.05, 3.63) is 236 Å². The van der Waals surface area contributed by atoms with Crippen LogP contribution in [0.2, 0.25) is 0 Å². The maximum absolute atomic E-state index is 17.1. The molecule has 12 rings (SSSR count). The van der Waals surface area contributed by atoms with Crippen molar-refractivity contribution in [2.75, 3.05) is 0 Å². The lowest BCUT2D eigenvalue weighted by molar-refractivity contribution is -0.137. The highest BCUT2D eigenvalue weighted by Crippen LogP contribution is 2.48. The Labute approximate surface area is 466 Å².